The summed E-state index contributed by atoms with van der Waals surface area (Å²) in [7, 11) is 0. The van der Waals surface area contributed by atoms with Gasteiger partial charge in [0.1, 0.15) is 6.10 Å². The minimum absolute atomic E-state index is 0.143. The Morgan fingerprint density at radius 2 is 2.08 bits per heavy atom. The van der Waals surface area contributed by atoms with Gasteiger partial charge in [0.05, 0.1) is 0 Å². The van der Waals surface area contributed by atoms with Gasteiger partial charge in [0.2, 0.25) is 4.38 Å². The van der Waals surface area contributed by atoms with Crippen molar-refractivity contribution in [2.24, 2.45) is 5.41 Å². The Hall–Kier alpha value is 0.240. The summed E-state index contributed by atoms with van der Waals surface area (Å²) in [4.78, 5) is 0. The summed E-state index contributed by atoms with van der Waals surface area (Å²) in [5.41, 5.74) is 0.183. The molecule has 0 aliphatic rings. The molecule has 1 atom stereocenters. The molecule has 0 spiro atoms. The number of hydrogen-bond acceptors (Lipinski definition) is 2. The van der Waals surface area contributed by atoms with Crippen molar-refractivity contribution in [3.63, 3.8) is 0 Å². The predicted octanol–water partition coefficient (Wildman–Crippen LogP) is 3.82. The molecule has 78 valence electrons. The number of thiol groups is 1. The maximum atomic E-state index is 5.41. The van der Waals surface area contributed by atoms with Crippen molar-refractivity contribution in [3.8, 4) is 0 Å². The van der Waals surface area contributed by atoms with Gasteiger partial charge in [-0.25, -0.2) is 0 Å². The Kier molecular flexibility index (Phi) is 5.97. The standard InChI is InChI=1S/C10H20OS2/c1-5-6-7-10(3,4)8(2)11-9(12)13/h8H,5-7H2,1-4H3,(H,12,13). The highest BCUT2D eigenvalue weighted by atomic mass is 32.1. The van der Waals surface area contributed by atoms with Crippen LogP contribution in [0.1, 0.15) is 47.0 Å². The summed E-state index contributed by atoms with van der Waals surface area (Å²) in [5.74, 6) is 0. The summed E-state index contributed by atoms with van der Waals surface area (Å²) in [6.07, 6.45) is 3.77. The molecular weight excluding hydrogens is 200 g/mol. The van der Waals surface area contributed by atoms with Gasteiger partial charge < -0.3 is 4.74 Å². The molecule has 0 amide bonds. The Balaban J connectivity index is 4.01. The van der Waals surface area contributed by atoms with Crippen LogP contribution in [0.5, 0.6) is 0 Å². The monoisotopic (exact) mass is 220 g/mol. The number of ether oxygens (including phenoxy) is 1. The zero-order valence-corrected chi connectivity index (χ0v) is 10.7. The maximum absolute atomic E-state index is 5.41. The third-order valence-corrected chi connectivity index (χ3v) is 2.75. The van der Waals surface area contributed by atoms with E-state index in [-0.39, 0.29) is 11.5 Å². The SMILES string of the molecule is CCCCC(C)(C)C(C)OC(=S)S. The van der Waals surface area contributed by atoms with Crippen LogP contribution in [0, 0.1) is 5.41 Å². The largest absolute Gasteiger partial charge is 0.475 e. The van der Waals surface area contributed by atoms with Crippen molar-refractivity contribution < 1.29 is 4.74 Å². The third-order valence-electron chi connectivity index (χ3n) is 2.55. The number of rotatable bonds is 5. The fraction of sp³-hybridized carbons (Fsp3) is 0.900. The quantitative estimate of drug-likeness (QED) is 0.557. The summed E-state index contributed by atoms with van der Waals surface area (Å²) in [6, 6.07) is 0. The van der Waals surface area contributed by atoms with Crippen LogP contribution < -0.4 is 0 Å². The average Bonchev–Trinajstić information content (AvgIpc) is 1.99. The zero-order chi connectivity index (χ0) is 10.5. The van der Waals surface area contributed by atoms with Crippen molar-refractivity contribution in [2.45, 2.75) is 53.1 Å². The van der Waals surface area contributed by atoms with E-state index < -0.39 is 0 Å². The Morgan fingerprint density at radius 1 is 1.54 bits per heavy atom. The molecule has 0 bridgehead atoms. The Labute approximate surface area is 92.7 Å². The molecule has 0 aromatic carbocycles. The lowest BCUT2D eigenvalue weighted by Gasteiger charge is -2.31. The highest BCUT2D eigenvalue weighted by molar-refractivity contribution is 8.10. The smallest absolute Gasteiger partial charge is 0.217 e. The van der Waals surface area contributed by atoms with E-state index >= 15 is 0 Å². The molecule has 13 heavy (non-hydrogen) atoms. The summed E-state index contributed by atoms with van der Waals surface area (Å²) in [5, 5.41) is 0. The highest BCUT2D eigenvalue weighted by Gasteiger charge is 2.26. The minimum Gasteiger partial charge on any atom is -0.475 e. The van der Waals surface area contributed by atoms with E-state index in [1.807, 2.05) is 0 Å². The maximum Gasteiger partial charge on any atom is 0.217 e. The first-order valence-electron chi connectivity index (χ1n) is 4.79. The molecule has 3 heteroatoms. The minimum atomic E-state index is 0.143. The molecule has 0 saturated carbocycles. The first-order valence-corrected chi connectivity index (χ1v) is 5.65. The van der Waals surface area contributed by atoms with Gasteiger partial charge in [0.15, 0.2) is 0 Å². The molecule has 1 unspecified atom stereocenters. The summed E-state index contributed by atoms with van der Waals surface area (Å²) < 4.78 is 5.75. The topological polar surface area (TPSA) is 9.23 Å². The molecule has 0 aliphatic carbocycles. The van der Waals surface area contributed by atoms with Crippen LogP contribution in [0.2, 0.25) is 0 Å². The molecule has 0 heterocycles. The first-order chi connectivity index (χ1) is 5.90. The van der Waals surface area contributed by atoms with E-state index in [1.54, 1.807) is 0 Å². The van der Waals surface area contributed by atoms with Gasteiger partial charge in [0, 0.05) is 5.41 Å². The second kappa shape index (κ2) is 5.86. The van der Waals surface area contributed by atoms with E-state index in [9.17, 15) is 0 Å². The van der Waals surface area contributed by atoms with Gasteiger partial charge in [-0.3, -0.25) is 0 Å². The van der Waals surface area contributed by atoms with Gasteiger partial charge in [-0.15, -0.1) is 0 Å². The Bertz CT molecular complexity index is 166. The van der Waals surface area contributed by atoms with Gasteiger partial charge in [-0.05, 0) is 25.6 Å². The van der Waals surface area contributed by atoms with E-state index in [2.05, 4.69) is 40.3 Å². The van der Waals surface area contributed by atoms with Crippen molar-refractivity contribution in [2.75, 3.05) is 0 Å². The van der Waals surface area contributed by atoms with Crippen LogP contribution in [-0.2, 0) is 4.74 Å². The molecule has 0 rings (SSSR count). The molecule has 0 radical (unpaired) electrons. The molecule has 0 aromatic rings. The lowest BCUT2D eigenvalue weighted by molar-refractivity contribution is 0.0767. The van der Waals surface area contributed by atoms with Crippen LogP contribution >= 0.6 is 24.8 Å². The number of hydrogen-bond donors (Lipinski definition) is 1. The van der Waals surface area contributed by atoms with Gasteiger partial charge >= 0.3 is 0 Å². The van der Waals surface area contributed by atoms with Gasteiger partial charge in [-0.2, -0.15) is 0 Å². The lowest BCUT2D eigenvalue weighted by Crippen LogP contribution is -2.30. The van der Waals surface area contributed by atoms with Crippen LogP contribution in [0.15, 0.2) is 0 Å². The van der Waals surface area contributed by atoms with E-state index in [0.29, 0.717) is 4.38 Å². The van der Waals surface area contributed by atoms with Crippen LogP contribution in [-0.4, -0.2) is 10.5 Å². The fourth-order valence-electron chi connectivity index (χ4n) is 1.15. The Morgan fingerprint density at radius 3 is 2.46 bits per heavy atom. The van der Waals surface area contributed by atoms with E-state index in [0.717, 1.165) is 0 Å². The number of unbranched alkanes of at least 4 members (excludes halogenated alkanes) is 1. The van der Waals surface area contributed by atoms with Crippen LogP contribution in [0.25, 0.3) is 0 Å². The summed E-state index contributed by atoms with van der Waals surface area (Å²) in [6.45, 7) is 8.67. The number of thiocarbonyl (C=S) groups is 1. The molecule has 1 nitrogen and oxygen atoms in total. The summed E-state index contributed by atoms with van der Waals surface area (Å²) >= 11 is 8.76. The molecule has 0 aliphatic heterocycles. The van der Waals surface area contributed by atoms with Gasteiger partial charge in [-0.1, -0.05) is 46.2 Å². The van der Waals surface area contributed by atoms with E-state index in [4.69, 9.17) is 17.0 Å². The molecule has 0 N–H and O–H groups in total. The first kappa shape index (κ1) is 13.2. The van der Waals surface area contributed by atoms with Crippen molar-refractivity contribution in [1.29, 1.82) is 0 Å². The van der Waals surface area contributed by atoms with E-state index in [1.165, 1.54) is 19.3 Å². The second-order valence-electron chi connectivity index (χ2n) is 4.12. The molecular formula is C10H20OS2. The van der Waals surface area contributed by atoms with Crippen LogP contribution in [0.4, 0.5) is 0 Å². The lowest BCUT2D eigenvalue weighted by atomic mass is 9.82. The highest BCUT2D eigenvalue weighted by Crippen LogP contribution is 2.29. The second-order valence-corrected chi connectivity index (χ2v) is 5.20. The molecule has 0 saturated heterocycles. The normalized spacial score (nSPS) is 13.9. The van der Waals surface area contributed by atoms with Crippen molar-refractivity contribution >= 4 is 29.2 Å². The van der Waals surface area contributed by atoms with Crippen molar-refractivity contribution in [3.05, 3.63) is 0 Å². The van der Waals surface area contributed by atoms with Gasteiger partial charge in [0.25, 0.3) is 0 Å². The predicted molar refractivity (Wildman–Crippen MR) is 65.4 cm³/mol. The zero-order valence-electron chi connectivity index (χ0n) is 8.96. The molecule has 0 aromatic heterocycles. The van der Waals surface area contributed by atoms with Crippen LogP contribution in [0.3, 0.4) is 0 Å². The molecule has 0 fully saturated rings. The third kappa shape index (κ3) is 5.53. The van der Waals surface area contributed by atoms with Crippen molar-refractivity contribution in [1.82, 2.24) is 0 Å². The average molecular weight is 220 g/mol. The fourth-order valence-corrected chi connectivity index (χ4v) is 1.45.